The van der Waals surface area contributed by atoms with E-state index in [1.54, 1.807) is 57.5 Å². The first-order valence-corrected chi connectivity index (χ1v) is 9.58. The van der Waals surface area contributed by atoms with E-state index in [9.17, 15) is 13.2 Å². The van der Waals surface area contributed by atoms with Gasteiger partial charge in [-0.3, -0.25) is 4.72 Å². The van der Waals surface area contributed by atoms with Crippen LogP contribution in [0.5, 0.6) is 0 Å². The van der Waals surface area contributed by atoms with Gasteiger partial charge in [0.15, 0.2) is 0 Å². The summed E-state index contributed by atoms with van der Waals surface area (Å²) >= 11 is 5.91. The summed E-state index contributed by atoms with van der Waals surface area (Å²) in [5.41, 5.74) is 2.13. The number of hydrogen-bond donors (Lipinski definition) is 1. The van der Waals surface area contributed by atoms with Crippen LogP contribution in [-0.2, 0) is 21.8 Å². The molecule has 1 aromatic heterocycles. The summed E-state index contributed by atoms with van der Waals surface area (Å²) in [4.78, 5) is 12.2. The molecule has 6 nitrogen and oxygen atoms in total. The molecule has 1 aromatic carbocycles. The fourth-order valence-corrected chi connectivity index (χ4v) is 4.50. The number of anilines is 1. The first-order valence-electron chi connectivity index (χ1n) is 7.72. The molecule has 136 valence electrons. The number of ether oxygens (including phenoxy) is 1. The minimum atomic E-state index is -3.99. The Morgan fingerprint density at radius 3 is 2.44 bits per heavy atom. The Bertz CT molecular complexity index is 933. The molecular formula is C17H21ClN2O4S. The summed E-state index contributed by atoms with van der Waals surface area (Å²) < 4.78 is 35.2. The molecule has 0 aliphatic rings. The van der Waals surface area contributed by atoms with Crippen molar-refractivity contribution < 1.29 is 17.9 Å². The normalized spacial score (nSPS) is 11.4. The molecule has 1 N–H and O–H groups in total. The van der Waals surface area contributed by atoms with Crippen molar-refractivity contribution in [2.75, 3.05) is 11.3 Å². The lowest BCUT2D eigenvalue weighted by molar-refractivity contribution is 0.0521. The summed E-state index contributed by atoms with van der Waals surface area (Å²) in [6.07, 6.45) is 0. The van der Waals surface area contributed by atoms with Gasteiger partial charge in [0.05, 0.1) is 12.3 Å². The summed E-state index contributed by atoms with van der Waals surface area (Å²) in [6.45, 7) is 6.92. The summed E-state index contributed by atoms with van der Waals surface area (Å²) in [6, 6.07) is 4.85. The number of carbonyl (C=O) groups is 1. The Labute approximate surface area is 152 Å². The lowest BCUT2D eigenvalue weighted by atomic mass is 10.2. The van der Waals surface area contributed by atoms with Gasteiger partial charge in [-0.2, -0.15) is 0 Å². The van der Waals surface area contributed by atoms with E-state index >= 15 is 0 Å². The number of halogens is 1. The second-order valence-electron chi connectivity index (χ2n) is 5.72. The Balaban J connectivity index is 2.59. The van der Waals surface area contributed by atoms with Crippen LogP contribution in [0, 0.1) is 20.8 Å². The maximum Gasteiger partial charge on any atom is 0.341 e. The van der Waals surface area contributed by atoms with Crippen molar-refractivity contribution in [3.8, 4) is 0 Å². The number of esters is 1. The Kier molecular flexibility index (Phi) is 5.49. The first-order chi connectivity index (χ1) is 11.6. The van der Waals surface area contributed by atoms with Crippen LogP contribution in [-0.4, -0.2) is 25.6 Å². The molecule has 8 heteroatoms. The molecule has 2 rings (SSSR count). The van der Waals surface area contributed by atoms with Crippen molar-refractivity contribution in [1.82, 2.24) is 4.57 Å². The smallest absolute Gasteiger partial charge is 0.341 e. The van der Waals surface area contributed by atoms with Crippen molar-refractivity contribution in [3.63, 3.8) is 0 Å². The largest absolute Gasteiger partial charge is 0.462 e. The zero-order chi connectivity index (χ0) is 18.9. The number of rotatable bonds is 5. The molecule has 0 aliphatic heterocycles. The van der Waals surface area contributed by atoms with Crippen molar-refractivity contribution in [2.24, 2.45) is 7.05 Å². The molecule has 0 unspecified atom stereocenters. The lowest BCUT2D eigenvalue weighted by Gasteiger charge is -2.12. The Hall–Kier alpha value is -1.99. The van der Waals surface area contributed by atoms with E-state index in [4.69, 9.17) is 16.3 Å². The van der Waals surface area contributed by atoms with Gasteiger partial charge in [-0.05, 0) is 51.5 Å². The molecule has 0 radical (unpaired) electrons. The van der Waals surface area contributed by atoms with E-state index in [0.717, 1.165) is 0 Å². The van der Waals surface area contributed by atoms with E-state index in [0.29, 0.717) is 27.7 Å². The van der Waals surface area contributed by atoms with Gasteiger partial charge in [-0.25, -0.2) is 13.2 Å². The van der Waals surface area contributed by atoms with Crippen molar-refractivity contribution in [2.45, 2.75) is 32.6 Å². The zero-order valence-electron chi connectivity index (χ0n) is 14.8. The molecule has 0 amide bonds. The number of nitrogens with one attached hydrogen (secondary N) is 1. The van der Waals surface area contributed by atoms with Gasteiger partial charge < -0.3 is 9.30 Å². The molecule has 2 aromatic rings. The third-order valence-corrected chi connectivity index (χ3v) is 5.87. The van der Waals surface area contributed by atoms with Crippen LogP contribution >= 0.6 is 11.6 Å². The highest BCUT2D eigenvalue weighted by Crippen LogP contribution is 2.30. The van der Waals surface area contributed by atoms with Crippen molar-refractivity contribution >= 4 is 33.3 Å². The molecule has 0 saturated carbocycles. The number of aromatic nitrogens is 1. The van der Waals surface area contributed by atoms with Gasteiger partial charge in [-0.15, -0.1) is 0 Å². The van der Waals surface area contributed by atoms with E-state index in [1.165, 1.54) is 0 Å². The van der Waals surface area contributed by atoms with Crippen LogP contribution in [0.15, 0.2) is 23.1 Å². The predicted molar refractivity (Wildman–Crippen MR) is 97.8 cm³/mol. The maximum atomic E-state index is 13.0. The van der Waals surface area contributed by atoms with Gasteiger partial charge in [-0.1, -0.05) is 11.6 Å². The number of aryl methyl sites for hydroxylation is 1. The number of hydrogen-bond acceptors (Lipinski definition) is 4. The van der Waals surface area contributed by atoms with Gasteiger partial charge in [0.25, 0.3) is 10.0 Å². The first kappa shape index (κ1) is 19.3. The minimum Gasteiger partial charge on any atom is -0.462 e. The number of sulfonamides is 1. The maximum absolute atomic E-state index is 13.0. The molecular weight excluding hydrogens is 364 g/mol. The van der Waals surface area contributed by atoms with Crippen LogP contribution in [0.2, 0.25) is 5.02 Å². The number of carbonyl (C=O) groups excluding carboxylic acids is 1. The van der Waals surface area contributed by atoms with Gasteiger partial charge >= 0.3 is 5.97 Å². The highest BCUT2D eigenvalue weighted by atomic mass is 35.5. The quantitative estimate of drug-likeness (QED) is 0.799. The average Bonchev–Trinajstić information content (AvgIpc) is 2.75. The average molecular weight is 385 g/mol. The van der Waals surface area contributed by atoms with Crippen molar-refractivity contribution in [1.29, 1.82) is 0 Å². The highest BCUT2D eigenvalue weighted by molar-refractivity contribution is 7.92. The fourth-order valence-electron chi connectivity index (χ4n) is 2.63. The Morgan fingerprint density at radius 2 is 1.88 bits per heavy atom. The summed E-state index contributed by atoms with van der Waals surface area (Å²) in [7, 11) is -2.28. The van der Waals surface area contributed by atoms with Crippen LogP contribution in [0.1, 0.15) is 34.2 Å². The minimum absolute atomic E-state index is 0.0565. The molecule has 0 aliphatic carbocycles. The van der Waals surface area contributed by atoms with E-state index < -0.39 is 16.0 Å². The third-order valence-electron chi connectivity index (χ3n) is 4.10. The zero-order valence-corrected chi connectivity index (χ0v) is 16.4. The molecule has 0 fully saturated rings. The second-order valence-corrected chi connectivity index (χ2v) is 7.77. The molecule has 1 heterocycles. The predicted octanol–water partition coefficient (Wildman–Crippen LogP) is 3.58. The van der Waals surface area contributed by atoms with Gasteiger partial charge in [0.1, 0.15) is 10.5 Å². The van der Waals surface area contributed by atoms with Crippen LogP contribution in [0.3, 0.4) is 0 Å². The van der Waals surface area contributed by atoms with E-state index in [1.807, 2.05) is 0 Å². The molecule has 0 spiro atoms. The molecule has 0 saturated heterocycles. The van der Waals surface area contributed by atoms with Crippen LogP contribution in [0.25, 0.3) is 0 Å². The topological polar surface area (TPSA) is 77.4 Å². The molecule has 0 bridgehead atoms. The van der Waals surface area contributed by atoms with Gasteiger partial charge in [0, 0.05) is 23.5 Å². The standard InChI is InChI=1S/C17H21ClN2O4S/c1-6-24-17(21)15-11(3)20(5)12(4)16(15)25(22,23)19-14-8-7-13(18)9-10(14)2/h7-9,19H,6H2,1-5H3. The second kappa shape index (κ2) is 7.09. The SMILES string of the molecule is CCOC(=O)c1c(S(=O)(=O)Nc2ccc(Cl)cc2C)c(C)n(C)c1C. The monoisotopic (exact) mass is 384 g/mol. The Morgan fingerprint density at radius 1 is 1.24 bits per heavy atom. The number of benzene rings is 1. The van der Waals surface area contributed by atoms with Crippen LogP contribution < -0.4 is 4.72 Å². The molecule has 25 heavy (non-hydrogen) atoms. The van der Waals surface area contributed by atoms with Crippen LogP contribution in [0.4, 0.5) is 5.69 Å². The lowest BCUT2D eigenvalue weighted by Crippen LogP contribution is -2.18. The highest BCUT2D eigenvalue weighted by Gasteiger charge is 2.31. The third kappa shape index (κ3) is 3.67. The summed E-state index contributed by atoms with van der Waals surface area (Å²) in [5, 5.41) is 0.513. The van der Waals surface area contributed by atoms with E-state index in [2.05, 4.69) is 4.72 Å². The number of nitrogens with zero attached hydrogens (tertiary/aromatic N) is 1. The fraction of sp³-hybridized carbons (Fsp3) is 0.353. The van der Waals surface area contributed by atoms with Gasteiger partial charge in [0.2, 0.25) is 0 Å². The summed E-state index contributed by atoms with van der Waals surface area (Å²) in [5.74, 6) is -0.656. The van der Waals surface area contributed by atoms with E-state index in [-0.39, 0.29) is 17.1 Å². The molecule has 0 atom stereocenters. The van der Waals surface area contributed by atoms with Crippen molar-refractivity contribution in [3.05, 3.63) is 45.7 Å².